The van der Waals surface area contributed by atoms with Gasteiger partial charge in [-0.2, -0.15) is 37.0 Å². The van der Waals surface area contributed by atoms with Crippen LogP contribution in [0.3, 0.4) is 0 Å². The van der Waals surface area contributed by atoms with Crippen molar-refractivity contribution in [2.24, 2.45) is 104 Å². The topological polar surface area (TPSA) is 906 Å². The number of para-hydroxylation sites is 1. The average molecular weight is 2150 g/mol. The van der Waals surface area contributed by atoms with Gasteiger partial charge >= 0.3 is 11.9 Å². The maximum Gasteiger partial charge on any atom is 0.328 e. The normalized spacial score (nSPS) is 18.1. The quantitative estimate of drug-likeness (QED) is 0.00935. The summed E-state index contributed by atoms with van der Waals surface area (Å²) in [6.45, 7) is -0.554. The number of aliphatic imine (C=N–C) groups is 15. The van der Waals surface area contributed by atoms with E-state index in [4.69, 9.17) is 44.9 Å². The van der Waals surface area contributed by atoms with Gasteiger partial charge in [0.05, 0.1) is 38.2 Å². The molecule has 0 unspecified atom stereocenters. The number of thiol groups is 2. The number of hydrogen-bond acceptors (Lipinski definition) is 30. The van der Waals surface area contributed by atoms with Crippen molar-refractivity contribution < 1.29 is 122 Å². The van der Waals surface area contributed by atoms with Crippen LogP contribution in [0, 0.1) is 16.2 Å². The molecule has 51 nitrogen and oxygen atoms in total. The van der Waals surface area contributed by atoms with Crippen LogP contribution in [0.25, 0.3) is 10.9 Å². The number of aliphatic hydroxyl groups excluding tert-OH is 19. The van der Waals surface area contributed by atoms with E-state index in [2.05, 4.69) is 116 Å². The van der Waals surface area contributed by atoms with Gasteiger partial charge in [-0.15, -0.1) is 0 Å². The number of amides is 1. The van der Waals surface area contributed by atoms with E-state index in [1.807, 2.05) is 0 Å². The molecule has 37 N–H and O–H groups in total. The first-order valence-corrected chi connectivity index (χ1v) is 50.8. The number of carbonyl (C=O) groups excluding carboxylic acids is 1. The first-order valence-electron chi connectivity index (χ1n) is 48.2. The van der Waals surface area contributed by atoms with Gasteiger partial charge in [-0.25, -0.2) is 79.7 Å². The number of aliphatic carboxylic acids is 2. The fourth-order valence-electron chi connectivity index (χ4n) is 15.2. The highest BCUT2D eigenvalue weighted by Crippen LogP contribution is 2.28. The van der Waals surface area contributed by atoms with Crippen LogP contribution in [0.1, 0.15) is 125 Å². The Labute approximate surface area is 880 Å². The number of aromatic amines is 1. The Bertz CT molecular complexity index is 5640. The molecule has 1 fully saturated rings. The van der Waals surface area contributed by atoms with Crippen LogP contribution < -0.4 is 39.3 Å². The van der Waals surface area contributed by atoms with Crippen LogP contribution in [0.2, 0.25) is 0 Å². The first-order chi connectivity index (χ1) is 71.6. The minimum absolute atomic E-state index is 0.00706. The minimum atomic E-state index is -1.94. The SMILES string of the molecule is CSCC[C@H](N=C(O)[C@H](CCCNC(=N)N)N=C(O)[C@@H](N)CC(=O)O)C(=O)N1CCC[C@H]1C(O)=N[C@@H](CS)C(O)=N[C@@H](CCCNC(=N)N)C(O)=N[C@@H](CC(=N)O)C(O)=N[C@@H](Cc1ccccc1)C(O)=N[C@@H](Cc1ccccc1)C(O)=N[C@@H](Cc1c[nH]c2ccccc12)C(O)=N[C@@H](CCCCN)C(O)=N[C@H](C(O)=N[C@@H](Cc1ccccc1)C(O)=N[C@@H](CO)C(O)=N[C@@H](CO)C(O)=N[C@@H](CS)C(O)=N[C@@H](CCCCN)C(=O)O)[C@@H](C)O. The summed E-state index contributed by atoms with van der Waals surface area (Å²) in [4.78, 5) is 106. The van der Waals surface area contributed by atoms with Crippen molar-refractivity contribution in [2.75, 3.05) is 69.5 Å². The zero-order chi connectivity index (χ0) is 111. The summed E-state index contributed by atoms with van der Waals surface area (Å²) in [5.41, 5.74) is 30.9. The molecule has 18 atom stereocenters. The van der Waals surface area contributed by atoms with Gasteiger partial charge in [0.15, 0.2) is 47.9 Å². The molecule has 54 heteroatoms. The number of carboxylic acids is 2. The number of nitrogens with zero attached hydrogens (tertiary/aromatic N) is 16. The van der Waals surface area contributed by atoms with Crippen LogP contribution in [-0.4, -0.2) is 420 Å². The molecule has 4 aromatic carbocycles. The van der Waals surface area contributed by atoms with Gasteiger partial charge in [0.2, 0.25) is 88.5 Å². The molecule has 0 spiro atoms. The number of carboxylic acid groups (broad SMARTS) is 2. The molecular formula is C96H141N27O24S3. The second-order valence-corrected chi connectivity index (χ2v) is 36.5. The molecule has 1 aliphatic heterocycles. The van der Waals surface area contributed by atoms with Gasteiger partial charge < -0.3 is 156 Å². The highest BCUT2D eigenvalue weighted by molar-refractivity contribution is 7.98. The molecule has 1 saturated heterocycles. The van der Waals surface area contributed by atoms with Crippen molar-refractivity contribution in [3.63, 3.8) is 0 Å². The number of H-pyrrole nitrogens is 1. The van der Waals surface area contributed by atoms with Gasteiger partial charge in [0, 0.05) is 73.9 Å². The van der Waals surface area contributed by atoms with Crippen LogP contribution in [0.5, 0.6) is 0 Å². The predicted octanol–water partition coefficient (Wildman–Crippen LogP) is 5.88. The molecule has 0 saturated carbocycles. The van der Waals surface area contributed by atoms with Crippen molar-refractivity contribution in [1.82, 2.24) is 20.5 Å². The Morgan fingerprint density at radius 1 is 0.433 bits per heavy atom. The Morgan fingerprint density at radius 2 is 0.793 bits per heavy atom. The number of benzene rings is 4. The monoisotopic (exact) mass is 2150 g/mol. The number of carbonyl (C=O) groups is 3. The Kier molecular flexibility index (Phi) is 54.3. The summed E-state index contributed by atoms with van der Waals surface area (Å²) in [6, 6.07) is 4.33. The summed E-state index contributed by atoms with van der Waals surface area (Å²) in [7, 11) is 0. The van der Waals surface area contributed by atoms with Gasteiger partial charge in [0.25, 0.3) is 0 Å². The van der Waals surface area contributed by atoms with Crippen molar-refractivity contribution in [2.45, 2.75) is 238 Å². The molecule has 2 heterocycles. The number of nitrogens with two attached hydrogens (primary N) is 5. The average Bonchev–Trinajstić information content (AvgIpc) is 1.65. The van der Waals surface area contributed by atoms with Gasteiger partial charge in [0.1, 0.15) is 72.5 Å². The number of likely N-dealkylation sites (tertiary alicyclic amines) is 1. The summed E-state index contributed by atoms with van der Waals surface area (Å²) in [5, 5.41) is 270. The van der Waals surface area contributed by atoms with E-state index in [1.54, 1.807) is 128 Å². The fourth-order valence-corrected chi connectivity index (χ4v) is 16.1. The van der Waals surface area contributed by atoms with Crippen molar-refractivity contribution >= 4 is 172 Å². The summed E-state index contributed by atoms with van der Waals surface area (Å²) in [6.07, 6.45) is 0.158. The number of fused-ring (bicyclic) bond motifs is 1. The van der Waals surface area contributed by atoms with E-state index < -0.39 is 259 Å². The maximum absolute atomic E-state index is 14.7. The predicted molar refractivity (Wildman–Crippen MR) is 588 cm³/mol. The van der Waals surface area contributed by atoms with Crippen LogP contribution >= 0.6 is 37.0 Å². The summed E-state index contributed by atoms with van der Waals surface area (Å²) >= 11 is 9.88. The Hall–Kier alpha value is -14.3. The van der Waals surface area contributed by atoms with E-state index in [1.165, 1.54) is 16.7 Å². The highest BCUT2D eigenvalue weighted by atomic mass is 32.2. The summed E-state index contributed by atoms with van der Waals surface area (Å²) < 4.78 is 0. The molecule has 150 heavy (non-hydrogen) atoms. The lowest BCUT2D eigenvalue weighted by atomic mass is 10.0. The number of aliphatic hydroxyl groups is 19. The molecule has 5 aromatic rings. The molecule has 0 aliphatic carbocycles. The second kappa shape index (κ2) is 65.5. The van der Waals surface area contributed by atoms with Crippen LogP contribution in [0.15, 0.2) is 196 Å². The third-order valence-corrected chi connectivity index (χ3v) is 24.4. The molecule has 1 aromatic heterocycles. The standard InChI is InChI=1S/C96H141N27O24S3/c1-52(126)77(92(144)117-67(43-55-25-10-5-11-26-55)84(136)118-70(48-124)87(139)119-71(49-125)88(140)120-72(50-148)90(142)112-64(94(146)147)30-15-17-36-98)122-81(133)60(29-14-16-35-97)109-85(137)68(44-56-47-107-59-28-13-12-27-57(56)59)115-83(135)66(42-54-23-8-4-9-24-54)113-82(134)65(41-53-21-6-3-7-22-53)114-86(138)69(46-75(100)127)116-80(132)62(32-19-38-106-96(103)104)110-89(141)73(51-149)121-91(143)74-33-20-39-123(74)93(145)63(34-40-150-2)111-79(131)61(31-18-37-105-95(101)102)108-78(130)58(99)45-76(128)129/h3-13,21-28,47,52,58,60-74,77,107,124-126,148-149H,14-20,29-46,48-51,97-99H2,1-2H3,(H2,100,127)(H,108,130)(H,109,137)(H,110,141)(H,111,131)(H,112,142)(H,113,134)(H,114,138)(H,115,135)(H,116,132)(H,117,144)(H,118,136)(H,119,139)(H,120,140)(H,121,143)(H,122,133)(H,128,129)(H,146,147)(H4,101,102,105)(H4,103,104,106)/t52-,58+,60+,61+,62+,63+,64+,65+,66+,67+,68+,69+,70+,71+,72+,73+,74+,77+/m1/s1. The van der Waals surface area contributed by atoms with Crippen molar-refractivity contribution in [1.29, 1.82) is 16.2 Å². The fraction of sp³-hybridized carbons (Fsp3) is 0.510. The van der Waals surface area contributed by atoms with Gasteiger partial charge in [-0.3, -0.25) is 25.8 Å². The van der Waals surface area contributed by atoms with E-state index in [-0.39, 0.29) is 128 Å². The number of unbranched alkanes of at least 4 members (excludes halogenated alkanes) is 2. The Balaban J connectivity index is 1.45. The highest BCUT2D eigenvalue weighted by Gasteiger charge is 2.40. The van der Waals surface area contributed by atoms with E-state index >= 15 is 0 Å². The van der Waals surface area contributed by atoms with Gasteiger partial charge in [-0.1, -0.05) is 109 Å². The number of thioether (sulfide) groups is 1. The second-order valence-electron chi connectivity index (χ2n) is 34.8. The number of hydrogen-bond donors (Lipinski definition) is 34. The molecule has 0 bridgehead atoms. The third-order valence-electron chi connectivity index (χ3n) is 23.1. The molecule has 822 valence electrons. The van der Waals surface area contributed by atoms with Crippen LogP contribution in [0.4, 0.5) is 0 Å². The van der Waals surface area contributed by atoms with E-state index in [9.17, 15) is 122 Å². The smallest absolute Gasteiger partial charge is 0.328 e. The zero-order valence-electron chi connectivity index (χ0n) is 82.9. The lowest BCUT2D eigenvalue weighted by molar-refractivity contribution is -0.139. The number of guanidine groups is 2. The number of aromatic nitrogens is 1. The van der Waals surface area contributed by atoms with Crippen molar-refractivity contribution in [3.05, 3.63) is 144 Å². The van der Waals surface area contributed by atoms with Crippen molar-refractivity contribution in [3.8, 4) is 0 Å². The number of nitrogens with one attached hydrogen (secondary N) is 6. The largest absolute Gasteiger partial charge is 0.497 e. The first kappa shape index (κ1) is 124. The third kappa shape index (κ3) is 42.4. The molecule has 6 rings (SSSR count). The molecule has 1 aliphatic rings. The maximum atomic E-state index is 14.7. The zero-order valence-corrected chi connectivity index (χ0v) is 85.5. The number of rotatable bonds is 68. The van der Waals surface area contributed by atoms with E-state index in [0.29, 0.717) is 64.6 Å². The van der Waals surface area contributed by atoms with E-state index in [0.717, 1.165) is 6.92 Å². The minimum Gasteiger partial charge on any atom is -0.497 e. The lowest BCUT2D eigenvalue weighted by Crippen LogP contribution is -2.46. The Morgan fingerprint density at radius 3 is 1.22 bits per heavy atom. The lowest BCUT2D eigenvalue weighted by Gasteiger charge is -2.27. The van der Waals surface area contributed by atoms with Gasteiger partial charge in [-0.05, 0) is 144 Å². The molecule has 0 radical (unpaired) electrons. The molecule has 1 amide bonds. The summed E-state index contributed by atoms with van der Waals surface area (Å²) in [5.74, 6) is -19.7. The molecular weight excluding hydrogens is 2010 g/mol. The van der Waals surface area contributed by atoms with Crippen LogP contribution in [-0.2, 0) is 40.1 Å².